The minimum atomic E-state index is -0.455. The fraction of sp³-hybridized carbons (Fsp3) is 0.0526. The number of aromatic amines is 1. The van der Waals surface area contributed by atoms with Crippen LogP contribution in [0.15, 0.2) is 65.5 Å². The molecule has 0 aliphatic heterocycles. The first-order valence-electron chi connectivity index (χ1n) is 7.55. The number of nitrogens with one attached hydrogen (secondary N) is 2. The maximum Gasteiger partial charge on any atom is 0.261 e. The average molecular weight is 373 g/mol. The highest BCUT2D eigenvalue weighted by molar-refractivity contribution is 6.31. The maximum atomic E-state index is 12.3. The molecule has 0 bridgehead atoms. The molecule has 6 heteroatoms. The van der Waals surface area contributed by atoms with Crippen molar-refractivity contribution in [1.82, 2.24) is 10.3 Å². The van der Waals surface area contributed by atoms with Gasteiger partial charge in [0.1, 0.15) is 5.56 Å². The maximum absolute atomic E-state index is 12.3. The van der Waals surface area contributed by atoms with Gasteiger partial charge in [0.05, 0.1) is 0 Å². The summed E-state index contributed by atoms with van der Waals surface area (Å²) >= 11 is 11.9. The van der Waals surface area contributed by atoms with E-state index in [1.807, 2.05) is 18.2 Å². The molecule has 0 aliphatic carbocycles. The Morgan fingerprint density at radius 3 is 2.36 bits per heavy atom. The van der Waals surface area contributed by atoms with Gasteiger partial charge in [-0.3, -0.25) is 9.59 Å². The van der Waals surface area contributed by atoms with Crippen molar-refractivity contribution >= 4 is 29.1 Å². The van der Waals surface area contributed by atoms with E-state index in [4.69, 9.17) is 23.2 Å². The Balaban J connectivity index is 1.76. The predicted molar refractivity (Wildman–Crippen MR) is 100 cm³/mol. The summed E-state index contributed by atoms with van der Waals surface area (Å²) < 4.78 is 0. The largest absolute Gasteiger partial charge is 0.348 e. The van der Waals surface area contributed by atoms with Crippen LogP contribution < -0.4 is 10.9 Å². The smallest absolute Gasteiger partial charge is 0.261 e. The van der Waals surface area contributed by atoms with Crippen molar-refractivity contribution in [3.05, 3.63) is 92.2 Å². The summed E-state index contributed by atoms with van der Waals surface area (Å²) in [4.78, 5) is 27.2. The lowest BCUT2D eigenvalue weighted by atomic mass is 10.1. The Labute approximate surface area is 154 Å². The fourth-order valence-electron chi connectivity index (χ4n) is 2.36. The van der Waals surface area contributed by atoms with Crippen LogP contribution in [-0.2, 0) is 6.54 Å². The molecule has 3 rings (SSSR count). The van der Waals surface area contributed by atoms with Crippen LogP contribution in [0.4, 0.5) is 0 Å². The summed E-state index contributed by atoms with van der Waals surface area (Å²) in [6, 6.07) is 17.5. The Kier molecular flexibility index (Phi) is 5.22. The lowest BCUT2D eigenvalue weighted by Gasteiger charge is -2.07. The van der Waals surface area contributed by atoms with Gasteiger partial charge in [-0.1, -0.05) is 53.5 Å². The third kappa shape index (κ3) is 4.10. The van der Waals surface area contributed by atoms with Gasteiger partial charge in [0, 0.05) is 22.3 Å². The van der Waals surface area contributed by atoms with Gasteiger partial charge in [0.25, 0.3) is 11.5 Å². The van der Waals surface area contributed by atoms with Crippen molar-refractivity contribution in [3.63, 3.8) is 0 Å². The zero-order chi connectivity index (χ0) is 17.8. The molecule has 0 radical (unpaired) electrons. The third-order valence-electron chi connectivity index (χ3n) is 3.71. The number of hydrogen-bond acceptors (Lipinski definition) is 2. The predicted octanol–water partition coefficient (Wildman–Crippen LogP) is 4.28. The van der Waals surface area contributed by atoms with E-state index in [-0.39, 0.29) is 12.1 Å². The van der Waals surface area contributed by atoms with Gasteiger partial charge in [-0.15, -0.1) is 0 Å². The highest BCUT2D eigenvalue weighted by Gasteiger charge is 2.12. The summed E-state index contributed by atoms with van der Waals surface area (Å²) in [5, 5.41) is 3.88. The molecule has 0 unspecified atom stereocenters. The van der Waals surface area contributed by atoms with E-state index < -0.39 is 11.5 Å². The first-order valence-corrected chi connectivity index (χ1v) is 8.31. The van der Waals surface area contributed by atoms with Gasteiger partial charge in [-0.2, -0.15) is 0 Å². The van der Waals surface area contributed by atoms with E-state index >= 15 is 0 Å². The van der Waals surface area contributed by atoms with E-state index in [0.29, 0.717) is 15.7 Å². The van der Waals surface area contributed by atoms with Crippen LogP contribution in [0.25, 0.3) is 11.3 Å². The van der Waals surface area contributed by atoms with E-state index in [1.165, 1.54) is 6.07 Å². The quantitative estimate of drug-likeness (QED) is 0.717. The van der Waals surface area contributed by atoms with Gasteiger partial charge in [-0.25, -0.2) is 0 Å². The minimum Gasteiger partial charge on any atom is -0.348 e. The molecule has 1 aromatic heterocycles. The monoisotopic (exact) mass is 372 g/mol. The number of aromatic nitrogens is 1. The SMILES string of the molecule is O=C(NCc1ccccc1Cl)c1ccc(-c2ccc(Cl)cc2)[nH]c1=O. The summed E-state index contributed by atoms with van der Waals surface area (Å²) in [7, 11) is 0. The van der Waals surface area contributed by atoms with Crippen LogP contribution >= 0.6 is 23.2 Å². The van der Waals surface area contributed by atoms with Gasteiger partial charge in [0.15, 0.2) is 0 Å². The lowest BCUT2D eigenvalue weighted by Crippen LogP contribution is -2.29. The Morgan fingerprint density at radius 1 is 0.960 bits per heavy atom. The average Bonchev–Trinajstić information content (AvgIpc) is 2.61. The zero-order valence-corrected chi connectivity index (χ0v) is 14.6. The van der Waals surface area contributed by atoms with Gasteiger partial charge in [0.2, 0.25) is 0 Å². The van der Waals surface area contributed by atoms with Gasteiger partial charge < -0.3 is 10.3 Å². The topological polar surface area (TPSA) is 62.0 Å². The molecule has 0 saturated heterocycles. The van der Waals surface area contributed by atoms with E-state index in [0.717, 1.165) is 11.1 Å². The van der Waals surface area contributed by atoms with Crippen LogP contribution in [0.3, 0.4) is 0 Å². The van der Waals surface area contributed by atoms with Crippen LogP contribution in [0.1, 0.15) is 15.9 Å². The summed E-state index contributed by atoms with van der Waals surface area (Å²) in [5.41, 5.74) is 1.80. The van der Waals surface area contributed by atoms with Crippen LogP contribution in [0.5, 0.6) is 0 Å². The molecule has 2 aromatic carbocycles. The molecule has 0 saturated carbocycles. The fourth-order valence-corrected chi connectivity index (χ4v) is 2.69. The van der Waals surface area contributed by atoms with Crippen molar-refractivity contribution in [2.24, 2.45) is 0 Å². The second kappa shape index (κ2) is 7.55. The highest BCUT2D eigenvalue weighted by atomic mass is 35.5. The van der Waals surface area contributed by atoms with E-state index in [2.05, 4.69) is 10.3 Å². The van der Waals surface area contributed by atoms with Gasteiger partial charge >= 0.3 is 0 Å². The molecule has 1 heterocycles. The van der Waals surface area contributed by atoms with Crippen LogP contribution in [0, 0.1) is 0 Å². The summed E-state index contributed by atoms with van der Waals surface area (Å²) in [6.07, 6.45) is 0. The number of benzene rings is 2. The molecule has 0 fully saturated rings. The Bertz CT molecular complexity index is 966. The number of rotatable bonds is 4. The second-order valence-corrected chi connectivity index (χ2v) is 6.24. The first-order chi connectivity index (χ1) is 12.0. The number of amides is 1. The standard InChI is InChI=1S/C19H14Cl2N2O2/c20-14-7-5-12(6-8-14)17-10-9-15(19(25)23-17)18(24)22-11-13-3-1-2-4-16(13)21/h1-10H,11H2,(H,22,24)(H,23,25). The molecule has 25 heavy (non-hydrogen) atoms. The lowest BCUT2D eigenvalue weighted by molar-refractivity contribution is 0.0949. The van der Waals surface area contributed by atoms with Crippen LogP contribution in [0.2, 0.25) is 10.0 Å². The van der Waals surface area contributed by atoms with Crippen molar-refractivity contribution in [1.29, 1.82) is 0 Å². The summed E-state index contributed by atoms with van der Waals surface area (Å²) in [6.45, 7) is 0.247. The zero-order valence-electron chi connectivity index (χ0n) is 13.1. The third-order valence-corrected chi connectivity index (χ3v) is 4.33. The molecule has 0 spiro atoms. The molecular formula is C19H14Cl2N2O2. The number of carbonyl (C=O) groups is 1. The molecule has 4 nitrogen and oxygen atoms in total. The molecule has 126 valence electrons. The number of halogens is 2. The molecule has 0 atom stereocenters. The van der Waals surface area contributed by atoms with Crippen molar-refractivity contribution in [2.75, 3.05) is 0 Å². The Morgan fingerprint density at radius 2 is 1.68 bits per heavy atom. The molecule has 0 aliphatic rings. The van der Waals surface area contributed by atoms with Crippen molar-refractivity contribution < 1.29 is 4.79 Å². The number of carbonyl (C=O) groups excluding carboxylic acids is 1. The number of pyridine rings is 1. The summed E-state index contributed by atoms with van der Waals surface area (Å²) in [5.74, 6) is -0.455. The number of hydrogen-bond donors (Lipinski definition) is 2. The molecule has 3 aromatic rings. The highest BCUT2D eigenvalue weighted by Crippen LogP contribution is 2.19. The van der Waals surface area contributed by atoms with Gasteiger partial charge in [-0.05, 0) is 41.5 Å². The molecule has 2 N–H and O–H groups in total. The first kappa shape index (κ1) is 17.3. The van der Waals surface area contributed by atoms with Crippen molar-refractivity contribution in [3.8, 4) is 11.3 Å². The van der Waals surface area contributed by atoms with E-state index in [1.54, 1.807) is 36.4 Å². The normalized spacial score (nSPS) is 10.5. The van der Waals surface area contributed by atoms with E-state index in [9.17, 15) is 9.59 Å². The Hall–Kier alpha value is -2.56. The van der Waals surface area contributed by atoms with Crippen molar-refractivity contribution in [2.45, 2.75) is 6.54 Å². The minimum absolute atomic E-state index is 0.0461. The number of H-pyrrole nitrogens is 1. The van der Waals surface area contributed by atoms with Crippen LogP contribution in [-0.4, -0.2) is 10.9 Å². The molecular weight excluding hydrogens is 359 g/mol. The molecule has 1 amide bonds. The second-order valence-electron chi connectivity index (χ2n) is 5.40.